The molecule has 0 radical (unpaired) electrons. The van der Waals surface area contributed by atoms with E-state index >= 15 is 0 Å². The summed E-state index contributed by atoms with van der Waals surface area (Å²) in [5.41, 5.74) is 10.4. The standard InChI is InChI=1S/C19H22N2O/c20-18-10-4-9-16-12-14(13-17(16)18)6-5-11-21-19(22)15-7-2-1-3-8-15/h1-4,7-10,14H,5-6,11-13,20H2,(H,21,22). The Hall–Kier alpha value is -2.29. The van der Waals surface area contributed by atoms with Crippen LogP contribution in [-0.2, 0) is 12.8 Å². The van der Waals surface area contributed by atoms with Crippen molar-refractivity contribution in [2.24, 2.45) is 5.92 Å². The van der Waals surface area contributed by atoms with Crippen molar-refractivity contribution in [3.05, 3.63) is 65.2 Å². The van der Waals surface area contributed by atoms with Crippen LogP contribution in [0.3, 0.4) is 0 Å². The van der Waals surface area contributed by atoms with Crippen LogP contribution in [0.4, 0.5) is 5.69 Å². The second-order valence-electron chi connectivity index (χ2n) is 6.02. The maximum Gasteiger partial charge on any atom is 0.251 e. The zero-order valence-electron chi connectivity index (χ0n) is 12.7. The van der Waals surface area contributed by atoms with Gasteiger partial charge in [-0.2, -0.15) is 0 Å². The molecule has 0 saturated carbocycles. The number of fused-ring (bicyclic) bond motifs is 1. The fraction of sp³-hybridized carbons (Fsp3) is 0.316. The Morgan fingerprint density at radius 2 is 1.91 bits per heavy atom. The molecule has 1 aliphatic rings. The quantitative estimate of drug-likeness (QED) is 0.657. The van der Waals surface area contributed by atoms with Crippen molar-refractivity contribution in [1.29, 1.82) is 0 Å². The molecule has 114 valence electrons. The molecule has 0 aromatic heterocycles. The SMILES string of the molecule is Nc1cccc2c1CC(CCCNC(=O)c1ccccc1)C2. The van der Waals surface area contributed by atoms with Gasteiger partial charge in [0.2, 0.25) is 0 Å². The Bertz CT molecular complexity index is 652. The van der Waals surface area contributed by atoms with Crippen molar-refractivity contribution >= 4 is 11.6 Å². The molecule has 3 heteroatoms. The van der Waals surface area contributed by atoms with Gasteiger partial charge in [0, 0.05) is 17.8 Å². The van der Waals surface area contributed by atoms with Crippen molar-refractivity contribution in [1.82, 2.24) is 5.32 Å². The number of nitrogens with two attached hydrogens (primary N) is 1. The van der Waals surface area contributed by atoms with Crippen LogP contribution in [0.15, 0.2) is 48.5 Å². The first-order valence-corrected chi connectivity index (χ1v) is 7.93. The highest BCUT2D eigenvalue weighted by Crippen LogP contribution is 2.32. The molecule has 1 atom stereocenters. The van der Waals surface area contributed by atoms with E-state index in [2.05, 4.69) is 11.4 Å². The van der Waals surface area contributed by atoms with Gasteiger partial charge in [-0.1, -0.05) is 30.3 Å². The lowest BCUT2D eigenvalue weighted by atomic mass is 10.00. The van der Waals surface area contributed by atoms with E-state index in [9.17, 15) is 4.79 Å². The van der Waals surface area contributed by atoms with Gasteiger partial charge in [0.15, 0.2) is 0 Å². The monoisotopic (exact) mass is 294 g/mol. The van der Waals surface area contributed by atoms with Crippen LogP contribution < -0.4 is 11.1 Å². The first-order chi connectivity index (χ1) is 10.7. The van der Waals surface area contributed by atoms with Gasteiger partial charge in [-0.3, -0.25) is 4.79 Å². The second kappa shape index (κ2) is 6.65. The minimum absolute atomic E-state index is 0.0135. The Labute approximate surface area is 131 Å². The Kier molecular flexibility index (Phi) is 4.42. The van der Waals surface area contributed by atoms with Crippen LogP contribution in [0, 0.1) is 5.92 Å². The zero-order chi connectivity index (χ0) is 15.4. The summed E-state index contributed by atoms with van der Waals surface area (Å²) in [6, 6.07) is 15.6. The number of benzene rings is 2. The van der Waals surface area contributed by atoms with Crippen LogP contribution >= 0.6 is 0 Å². The molecule has 3 nitrogen and oxygen atoms in total. The molecule has 1 aliphatic carbocycles. The van der Waals surface area contributed by atoms with E-state index < -0.39 is 0 Å². The van der Waals surface area contributed by atoms with Gasteiger partial charge < -0.3 is 11.1 Å². The summed E-state index contributed by atoms with van der Waals surface area (Å²) in [4.78, 5) is 11.9. The number of rotatable bonds is 5. The smallest absolute Gasteiger partial charge is 0.251 e. The first kappa shape index (κ1) is 14.6. The van der Waals surface area contributed by atoms with E-state index in [1.54, 1.807) is 0 Å². The van der Waals surface area contributed by atoms with Gasteiger partial charge >= 0.3 is 0 Å². The Morgan fingerprint density at radius 3 is 2.68 bits per heavy atom. The number of hydrogen-bond acceptors (Lipinski definition) is 2. The maximum absolute atomic E-state index is 11.9. The topological polar surface area (TPSA) is 55.1 Å². The van der Waals surface area contributed by atoms with E-state index in [0.29, 0.717) is 5.92 Å². The van der Waals surface area contributed by atoms with Crippen LogP contribution in [0.2, 0.25) is 0 Å². The molecule has 2 aromatic carbocycles. The maximum atomic E-state index is 11.9. The summed E-state index contributed by atoms with van der Waals surface area (Å²) in [5, 5.41) is 2.99. The molecule has 0 spiro atoms. The predicted molar refractivity (Wildman–Crippen MR) is 89.8 cm³/mol. The third kappa shape index (κ3) is 3.30. The molecule has 3 N–H and O–H groups in total. The highest BCUT2D eigenvalue weighted by molar-refractivity contribution is 5.94. The molecule has 0 fully saturated rings. The van der Waals surface area contributed by atoms with Gasteiger partial charge in [0.25, 0.3) is 5.91 Å². The van der Waals surface area contributed by atoms with Crippen molar-refractivity contribution in [3.8, 4) is 0 Å². The van der Waals surface area contributed by atoms with Gasteiger partial charge in [-0.05, 0) is 60.9 Å². The fourth-order valence-electron chi connectivity index (χ4n) is 3.25. The molecule has 2 aromatic rings. The van der Waals surface area contributed by atoms with Gasteiger partial charge in [0.05, 0.1) is 0 Å². The number of amides is 1. The zero-order valence-corrected chi connectivity index (χ0v) is 12.7. The average molecular weight is 294 g/mol. The Morgan fingerprint density at radius 1 is 1.09 bits per heavy atom. The molecule has 1 unspecified atom stereocenters. The van der Waals surface area contributed by atoms with E-state index in [-0.39, 0.29) is 5.91 Å². The molecular weight excluding hydrogens is 272 g/mol. The third-order valence-corrected chi connectivity index (χ3v) is 4.42. The number of nitrogens with one attached hydrogen (secondary N) is 1. The molecule has 1 amide bonds. The van der Waals surface area contributed by atoms with E-state index in [4.69, 9.17) is 5.73 Å². The van der Waals surface area contributed by atoms with E-state index in [0.717, 1.165) is 43.5 Å². The summed E-state index contributed by atoms with van der Waals surface area (Å²) in [6.45, 7) is 0.732. The number of anilines is 1. The minimum Gasteiger partial charge on any atom is -0.398 e. The summed E-state index contributed by atoms with van der Waals surface area (Å²) < 4.78 is 0. The first-order valence-electron chi connectivity index (χ1n) is 7.93. The van der Waals surface area contributed by atoms with Crippen molar-refractivity contribution < 1.29 is 4.79 Å². The second-order valence-corrected chi connectivity index (χ2v) is 6.02. The average Bonchev–Trinajstić information content (AvgIpc) is 2.97. The summed E-state index contributed by atoms with van der Waals surface area (Å²) >= 11 is 0. The van der Waals surface area contributed by atoms with Crippen molar-refractivity contribution in [2.75, 3.05) is 12.3 Å². The lowest BCUT2D eigenvalue weighted by Crippen LogP contribution is -2.24. The molecule has 22 heavy (non-hydrogen) atoms. The normalized spacial score (nSPS) is 16.3. The Balaban J connectivity index is 1.42. The van der Waals surface area contributed by atoms with Crippen LogP contribution in [0.1, 0.15) is 34.3 Å². The number of hydrogen-bond donors (Lipinski definition) is 2. The summed E-state index contributed by atoms with van der Waals surface area (Å²) in [5.74, 6) is 0.674. The van der Waals surface area contributed by atoms with Crippen molar-refractivity contribution in [2.45, 2.75) is 25.7 Å². The largest absolute Gasteiger partial charge is 0.398 e. The van der Waals surface area contributed by atoms with Gasteiger partial charge in [-0.25, -0.2) is 0 Å². The van der Waals surface area contributed by atoms with E-state index in [1.165, 1.54) is 11.1 Å². The summed E-state index contributed by atoms with van der Waals surface area (Å²) in [6.07, 6.45) is 4.34. The minimum atomic E-state index is 0.0135. The number of nitrogen functional groups attached to an aromatic ring is 1. The van der Waals surface area contributed by atoms with Crippen molar-refractivity contribution in [3.63, 3.8) is 0 Å². The molecular formula is C19H22N2O. The van der Waals surface area contributed by atoms with Crippen LogP contribution in [0.25, 0.3) is 0 Å². The number of carbonyl (C=O) groups is 1. The molecule has 0 heterocycles. The molecule has 0 saturated heterocycles. The lowest BCUT2D eigenvalue weighted by Gasteiger charge is -2.09. The summed E-state index contributed by atoms with van der Waals surface area (Å²) in [7, 11) is 0. The molecule has 3 rings (SSSR count). The third-order valence-electron chi connectivity index (χ3n) is 4.42. The highest BCUT2D eigenvalue weighted by atomic mass is 16.1. The molecule has 0 aliphatic heterocycles. The lowest BCUT2D eigenvalue weighted by molar-refractivity contribution is 0.0952. The van der Waals surface area contributed by atoms with Gasteiger partial charge in [0.1, 0.15) is 0 Å². The molecule has 0 bridgehead atoms. The van der Waals surface area contributed by atoms with E-state index in [1.807, 2.05) is 42.5 Å². The van der Waals surface area contributed by atoms with Crippen LogP contribution in [-0.4, -0.2) is 12.5 Å². The number of carbonyl (C=O) groups excluding carboxylic acids is 1. The fourth-order valence-corrected chi connectivity index (χ4v) is 3.25. The van der Waals surface area contributed by atoms with Crippen LogP contribution in [0.5, 0.6) is 0 Å². The highest BCUT2D eigenvalue weighted by Gasteiger charge is 2.22. The van der Waals surface area contributed by atoms with Gasteiger partial charge in [-0.15, -0.1) is 0 Å². The predicted octanol–water partition coefficient (Wildman–Crippen LogP) is 3.19.